The lowest BCUT2D eigenvalue weighted by atomic mass is 10.1. The van der Waals surface area contributed by atoms with Crippen molar-refractivity contribution < 1.29 is 4.74 Å². The van der Waals surface area contributed by atoms with E-state index in [1.165, 1.54) is 21.3 Å². The first kappa shape index (κ1) is 12.3. The lowest BCUT2D eigenvalue weighted by Crippen LogP contribution is -1.90. The number of methoxy groups -OCH3 is 1. The Morgan fingerprint density at radius 3 is 2.95 bits per heavy atom. The average molecular weight is 295 g/mol. The van der Waals surface area contributed by atoms with Crippen molar-refractivity contribution in [1.82, 2.24) is 14.5 Å². The van der Waals surface area contributed by atoms with E-state index in [4.69, 9.17) is 4.74 Å². The molecular weight excluding hydrogens is 282 g/mol. The quantitative estimate of drug-likeness (QED) is 0.564. The molecule has 0 N–H and O–H groups in total. The van der Waals surface area contributed by atoms with Crippen molar-refractivity contribution in [2.24, 2.45) is 7.05 Å². The van der Waals surface area contributed by atoms with Crippen LogP contribution in [0.2, 0.25) is 0 Å². The first-order valence-corrected chi connectivity index (χ1v) is 7.46. The summed E-state index contributed by atoms with van der Waals surface area (Å²) in [7, 11) is 3.75. The van der Waals surface area contributed by atoms with E-state index < -0.39 is 0 Å². The Bertz CT molecular complexity index is 955. The van der Waals surface area contributed by atoms with Crippen LogP contribution in [0.15, 0.2) is 42.3 Å². The van der Waals surface area contributed by atoms with Crippen molar-refractivity contribution in [2.45, 2.75) is 0 Å². The van der Waals surface area contributed by atoms with Crippen LogP contribution in [0.5, 0.6) is 5.75 Å². The minimum Gasteiger partial charge on any atom is -0.496 e. The first-order valence-electron chi connectivity index (χ1n) is 6.58. The number of hydrogen-bond acceptors (Lipinski definition) is 4. The molecule has 0 radical (unpaired) electrons. The number of fused-ring (bicyclic) bond motifs is 3. The molecule has 3 heterocycles. The second-order valence-corrected chi connectivity index (χ2v) is 5.83. The summed E-state index contributed by atoms with van der Waals surface area (Å²) in [6.45, 7) is 0. The Morgan fingerprint density at radius 1 is 1.24 bits per heavy atom. The third-order valence-electron chi connectivity index (χ3n) is 3.72. The van der Waals surface area contributed by atoms with Crippen molar-refractivity contribution in [3.63, 3.8) is 0 Å². The molecule has 0 spiro atoms. The summed E-state index contributed by atoms with van der Waals surface area (Å²) in [6, 6.07) is 6.32. The largest absolute Gasteiger partial charge is 0.496 e. The van der Waals surface area contributed by atoms with Gasteiger partial charge in [0, 0.05) is 46.0 Å². The van der Waals surface area contributed by atoms with Gasteiger partial charge in [-0.3, -0.25) is 0 Å². The predicted octanol–water partition coefficient (Wildman–Crippen LogP) is 3.86. The molecule has 5 heteroatoms. The van der Waals surface area contributed by atoms with Gasteiger partial charge in [-0.2, -0.15) is 0 Å². The van der Waals surface area contributed by atoms with Gasteiger partial charge < -0.3 is 9.30 Å². The van der Waals surface area contributed by atoms with Crippen molar-refractivity contribution >= 4 is 33.1 Å². The van der Waals surface area contributed by atoms with E-state index in [1.807, 2.05) is 11.6 Å². The third kappa shape index (κ3) is 1.81. The van der Waals surface area contributed by atoms with Crippen LogP contribution in [0.4, 0.5) is 0 Å². The summed E-state index contributed by atoms with van der Waals surface area (Å²) in [4.78, 5) is 9.74. The number of thiophene rings is 1. The van der Waals surface area contributed by atoms with Crippen LogP contribution in [0.25, 0.3) is 32.2 Å². The highest BCUT2D eigenvalue weighted by Crippen LogP contribution is 2.38. The molecule has 21 heavy (non-hydrogen) atoms. The van der Waals surface area contributed by atoms with Crippen LogP contribution in [0.3, 0.4) is 0 Å². The van der Waals surface area contributed by atoms with E-state index in [0.29, 0.717) is 0 Å². The van der Waals surface area contributed by atoms with Gasteiger partial charge in [0.2, 0.25) is 0 Å². The van der Waals surface area contributed by atoms with Crippen LogP contribution in [0, 0.1) is 0 Å². The first-order chi connectivity index (χ1) is 10.3. The fourth-order valence-electron chi connectivity index (χ4n) is 2.70. The summed E-state index contributed by atoms with van der Waals surface area (Å²) in [5, 5.41) is 4.28. The van der Waals surface area contributed by atoms with Crippen LogP contribution < -0.4 is 4.74 Å². The fourth-order valence-corrected chi connectivity index (χ4v) is 3.58. The van der Waals surface area contributed by atoms with Gasteiger partial charge in [0.05, 0.1) is 18.1 Å². The summed E-state index contributed by atoms with van der Waals surface area (Å²) in [6.07, 6.45) is 5.55. The molecule has 4 nitrogen and oxygen atoms in total. The average Bonchev–Trinajstić information content (AvgIpc) is 3.14. The SMILES string of the molecule is COc1csc(-c2cc3ncncc3c3ccn(C)c23)c1. The Labute approximate surface area is 125 Å². The number of rotatable bonds is 2. The highest BCUT2D eigenvalue weighted by atomic mass is 32.1. The molecule has 0 unspecified atom stereocenters. The maximum Gasteiger partial charge on any atom is 0.130 e. The number of hydrogen-bond donors (Lipinski definition) is 0. The number of aryl methyl sites for hydroxylation is 1. The van der Waals surface area contributed by atoms with E-state index >= 15 is 0 Å². The summed E-state index contributed by atoms with van der Waals surface area (Å²) in [5.41, 5.74) is 3.34. The van der Waals surface area contributed by atoms with Gasteiger partial charge in [0.15, 0.2) is 0 Å². The monoisotopic (exact) mass is 295 g/mol. The Hall–Kier alpha value is -2.40. The molecule has 4 rings (SSSR count). The molecule has 0 aliphatic heterocycles. The van der Waals surface area contributed by atoms with E-state index in [1.54, 1.807) is 24.8 Å². The standard InChI is InChI=1S/C16H13N3OS/c1-19-4-3-11-13-7-17-9-18-14(13)6-12(16(11)19)15-5-10(20-2)8-21-15/h3-9H,1-2H3. The summed E-state index contributed by atoms with van der Waals surface area (Å²) in [5.74, 6) is 0.889. The van der Waals surface area contributed by atoms with Crippen molar-refractivity contribution in [1.29, 1.82) is 0 Å². The van der Waals surface area contributed by atoms with Crippen molar-refractivity contribution in [3.05, 3.63) is 42.3 Å². The topological polar surface area (TPSA) is 39.9 Å². The second-order valence-electron chi connectivity index (χ2n) is 4.92. The normalized spacial score (nSPS) is 11.3. The van der Waals surface area contributed by atoms with Crippen LogP contribution >= 0.6 is 11.3 Å². The maximum atomic E-state index is 5.31. The molecule has 4 aromatic rings. The highest BCUT2D eigenvalue weighted by Gasteiger charge is 2.14. The lowest BCUT2D eigenvalue weighted by molar-refractivity contribution is 0.417. The van der Waals surface area contributed by atoms with Gasteiger partial charge >= 0.3 is 0 Å². The molecule has 0 aliphatic rings. The third-order valence-corrected chi connectivity index (χ3v) is 4.66. The zero-order valence-corrected chi connectivity index (χ0v) is 12.5. The molecule has 0 bridgehead atoms. The van der Waals surface area contributed by atoms with Crippen molar-refractivity contribution in [3.8, 4) is 16.2 Å². The van der Waals surface area contributed by atoms with Gasteiger partial charge in [-0.25, -0.2) is 9.97 Å². The zero-order valence-electron chi connectivity index (χ0n) is 11.7. The number of aromatic nitrogens is 3. The van der Waals surface area contributed by atoms with Gasteiger partial charge in [-0.1, -0.05) is 0 Å². The van der Waals surface area contributed by atoms with Crippen LogP contribution in [-0.2, 0) is 7.05 Å². The van der Waals surface area contributed by atoms with Gasteiger partial charge in [-0.15, -0.1) is 11.3 Å². The highest BCUT2D eigenvalue weighted by molar-refractivity contribution is 7.14. The molecule has 0 aliphatic carbocycles. The fraction of sp³-hybridized carbons (Fsp3) is 0.125. The smallest absolute Gasteiger partial charge is 0.130 e. The second kappa shape index (κ2) is 4.56. The molecule has 0 fully saturated rings. The van der Waals surface area contributed by atoms with E-state index in [0.717, 1.165) is 16.7 Å². The Balaban J connectivity index is 2.12. The lowest BCUT2D eigenvalue weighted by Gasteiger charge is -2.07. The Morgan fingerprint density at radius 2 is 2.14 bits per heavy atom. The molecular formula is C16H13N3OS. The predicted molar refractivity (Wildman–Crippen MR) is 85.9 cm³/mol. The summed E-state index contributed by atoms with van der Waals surface area (Å²) >= 11 is 1.68. The molecule has 1 aromatic carbocycles. The molecule has 0 atom stereocenters. The zero-order chi connectivity index (χ0) is 14.4. The van der Waals surface area contributed by atoms with Gasteiger partial charge in [0.1, 0.15) is 12.1 Å². The minimum atomic E-state index is 0.889. The molecule has 0 amide bonds. The van der Waals surface area contributed by atoms with E-state index in [2.05, 4.69) is 46.0 Å². The van der Waals surface area contributed by atoms with Crippen molar-refractivity contribution in [2.75, 3.05) is 7.11 Å². The van der Waals surface area contributed by atoms with Gasteiger partial charge in [-0.05, 0) is 18.2 Å². The number of benzene rings is 1. The molecule has 104 valence electrons. The van der Waals surface area contributed by atoms with Gasteiger partial charge in [0.25, 0.3) is 0 Å². The van der Waals surface area contributed by atoms with E-state index in [9.17, 15) is 0 Å². The minimum absolute atomic E-state index is 0.889. The number of ether oxygens (including phenoxy) is 1. The Kier molecular flexibility index (Phi) is 2.68. The molecule has 0 saturated heterocycles. The molecule has 0 saturated carbocycles. The molecule has 3 aromatic heterocycles. The summed E-state index contributed by atoms with van der Waals surface area (Å²) < 4.78 is 7.45. The van der Waals surface area contributed by atoms with E-state index in [-0.39, 0.29) is 0 Å². The van der Waals surface area contributed by atoms with Crippen LogP contribution in [0.1, 0.15) is 0 Å². The van der Waals surface area contributed by atoms with Crippen LogP contribution in [-0.4, -0.2) is 21.6 Å². The number of nitrogens with zero attached hydrogens (tertiary/aromatic N) is 3. The maximum absolute atomic E-state index is 5.31.